The number of nitrogens with zero attached hydrogens (tertiary/aromatic N) is 2. The fourth-order valence-corrected chi connectivity index (χ4v) is 3.21. The molecular formula is C21H17F2N3O2. The number of halogens is 2. The number of piperazine rings is 1. The van der Waals surface area contributed by atoms with Gasteiger partial charge in [0.1, 0.15) is 22.9 Å². The smallest absolute Gasteiger partial charge is 0.268 e. The zero-order valence-electron chi connectivity index (χ0n) is 15.3. The molecule has 1 atom stereocenters. The standard InChI is InChI=1S/C21H17F2N3O2/c1-21(11-13-6-8-15(22)9-7-13)20(28)26(2)18(19(27)25-21)10-16-14(12-24)4-3-5-17(16)23/h3-10H,11H2,1-2H3,(H,25,27)/b18-10+. The molecule has 2 aromatic carbocycles. The number of nitriles is 1. The molecule has 0 saturated carbocycles. The van der Waals surface area contributed by atoms with Gasteiger partial charge >= 0.3 is 0 Å². The molecule has 0 radical (unpaired) electrons. The number of carbonyl (C=O) groups excluding carboxylic acids is 2. The van der Waals surface area contributed by atoms with Gasteiger partial charge in [-0.2, -0.15) is 5.26 Å². The first kappa shape index (κ1) is 19.2. The van der Waals surface area contributed by atoms with Crippen LogP contribution in [0.1, 0.15) is 23.6 Å². The normalized spacial score (nSPS) is 20.8. The van der Waals surface area contributed by atoms with Crippen molar-refractivity contribution < 1.29 is 18.4 Å². The van der Waals surface area contributed by atoms with Crippen LogP contribution >= 0.6 is 0 Å². The van der Waals surface area contributed by atoms with Crippen molar-refractivity contribution in [3.8, 4) is 6.07 Å². The van der Waals surface area contributed by atoms with Gasteiger partial charge in [0.2, 0.25) is 0 Å². The van der Waals surface area contributed by atoms with Crippen LogP contribution in [0, 0.1) is 23.0 Å². The lowest BCUT2D eigenvalue weighted by molar-refractivity contribution is -0.143. The third kappa shape index (κ3) is 3.49. The van der Waals surface area contributed by atoms with Crippen LogP contribution < -0.4 is 5.32 Å². The van der Waals surface area contributed by atoms with Crippen LogP contribution in [0.3, 0.4) is 0 Å². The number of hydrogen-bond acceptors (Lipinski definition) is 3. The van der Waals surface area contributed by atoms with Gasteiger partial charge in [-0.05, 0) is 42.8 Å². The summed E-state index contributed by atoms with van der Waals surface area (Å²) in [6.07, 6.45) is 1.36. The van der Waals surface area contributed by atoms with Crippen LogP contribution in [-0.4, -0.2) is 29.3 Å². The van der Waals surface area contributed by atoms with Gasteiger partial charge in [-0.25, -0.2) is 8.78 Å². The molecule has 0 spiro atoms. The predicted octanol–water partition coefficient (Wildman–Crippen LogP) is 2.77. The highest BCUT2D eigenvalue weighted by molar-refractivity contribution is 6.09. The summed E-state index contributed by atoms with van der Waals surface area (Å²) in [6, 6.07) is 11.5. The molecule has 3 rings (SSSR count). The van der Waals surface area contributed by atoms with Crippen molar-refractivity contribution in [2.45, 2.75) is 18.9 Å². The van der Waals surface area contributed by atoms with Crippen LogP contribution in [0.2, 0.25) is 0 Å². The molecule has 1 aliphatic rings. The Hall–Kier alpha value is -3.53. The number of rotatable bonds is 3. The van der Waals surface area contributed by atoms with E-state index in [-0.39, 0.29) is 23.2 Å². The second-order valence-corrected chi connectivity index (χ2v) is 6.80. The van der Waals surface area contributed by atoms with E-state index < -0.39 is 29.0 Å². The molecule has 1 fully saturated rings. The molecular weight excluding hydrogens is 364 g/mol. The van der Waals surface area contributed by atoms with E-state index in [0.717, 1.165) is 4.90 Å². The molecule has 0 aromatic heterocycles. The van der Waals surface area contributed by atoms with Gasteiger partial charge in [-0.15, -0.1) is 0 Å². The Morgan fingerprint density at radius 1 is 1.18 bits per heavy atom. The number of nitrogens with one attached hydrogen (secondary N) is 1. The third-order valence-corrected chi connectivity index (χ3v) is 4.69. The van der Waals surface area contributed by atoms with E-state index in [2.05, 4.69) is 5.32 Å². The molecule has 1 heterocycles. The zero-order chi connectivity index (χ0) is 20.5. The average Bonchev–Trinajstić information content (AvgIpc) is 2.66. The Bertz CT molecular complexity index is 1020. The lowest BCUT2D eigenvalue weighted by Gasteiger charge is -2.39. The summed E-state index contributed by atoms with van der Waals surface area (Å²) < 4.78 is 27.3. The summed E-state index contributed by atoms with van der Waals surface area (Å²) in [5, 5.41) is 11.8. The first-order valence-electron chi connectivity index (χ1n) is 8.50. The fourth-order valence-electron chi connectivity index (χ4n) is 3.21. The Morgan fingerprint density at radius 2 is 1.86 bits per heavy atom. The van der Waals surface area contributed by atoms with Gasteiger partial charge in [0.05, 0.1) is 11.6 Å². The third-order valence-electron chi connectivity index (χ3n) is 4.69. The number of amides is 2. The average molecular weight is 381 g/mol. The summed E-state index contributed by atoms with van der Waals surface area (Å²) in [5.41, 5.74) is -0.631. The maximum Gasteiger partial charge on any atom is 0.268 e. The highest BCUT2D eigenvalue weighted by Crippen LogP contribution is 2.26. The molecule has 0 bridgehead atoms. The van der Waals surface area contributed by atoms with E-state index in [4.69, 9.17) is 5.26 Å². The topological polar surface area (TPSA) is 73.2 Å². The van der Waals surface area contributed by atoms with Crippen molar-refractivity contribution >= 4 is 17.9 Å². The van der Waals surface area contributed by atoms with Crippen molar-refractivity contribution in [2.24, 2.45) is 0 Å². The van der Waals surface area contributed by atoms with Crippen molar-refractivity contribution in [3.63, 3.8) is 0 Å². The minimum atomic E-state index is -1.24. The fraction of sp³-hybridized carbons (Fsp3) is 0.190. The second kappa shape index (κ2) is 7.24. The monoisotopic (exact) mass is 381 g/mol. The Labute approximate surface area is 160 Å². The van der Waals surface area contributed by atoms with E-state index in [1.807, 2.05) is 6.07 Å². The van der Waals surface area contributed by atoms with Crippen LogP contribution in [0.25, 0.3) is 6.08 Å². The Balaban J connectivity index is 1.95. The summed E-state index contributed by atoms with van der Waals surface area (Å²) >= 11 is 0. The van der Waals surface area contributed by atoms with Gasteiger partial charge in [-0.3, -0.25) is 9.59 Å². The van der Waals surface area contributed by atoms with Crippen molar-refractivity contribution in [1.82, 2.24) is 10.2 Å². The van der Waals surface area contributed by atoms with Gasteiger partial charge in [0.25, 0.3) is 11.8 Å². The number of hydrogen-bond donors (Lipinski definition) is 1. The number of likely N-dealkylation sites (N-methyl/N-ethyl adjacent to an activating group) is 1. The van der Waals surface area contributed by atoms with E-state index in [1.54, 1.807) is 19.1 Å². The maximum absolute atomic E-state index is 14.2. The maximum atomic E-state index is 14.2. The minimum absolute atomic E-state index is 0.0563. The molecule has 2 aromatic rings. The second-order valence-electron chi connectivity index (χ2n) is 6.80. The van der Waals surface area contributed by atoms with Gasteiger partial charge < -0.3 is 10.2 Å². The van der Waals surface area contributed by atoms with Crippen molar-refractivity contribution in [3.05, 3.63) is 76.5 Å². The van der Waals surface area contributed by atoms with Crippen LogP contribution in [0.5, 0.6) is 0 Å². The molecule has 0 aliphatic carbocycles. The molecule has 2 amide bonds. The molecule has 1 saturated heterocycles. The highest BCUT2D eigenvalue weighted by atomic mass is 19.1. The predicted molar refractivity (Wildman–Crippen MR) is 98.5 cm³/mol. The molecule has 1 aliphatic heterocycles. The van der Waals surface area contributed by atoms with E-state index >= 15 is 0 Å². The summed E-state index contributed by atoms with van der Waals surface area (Å²) in [5.74, 6) is -2.04. The SMILES string of the molecule is CN1C(=O)C(C)(Cc2ccc(F)cc2)NC(=O)/C1=C\c1c(F)cccc1C#N. The summed E-state index contributed by atoms with van der Waals surface area (Å²) in [7, 11) is 1.42. The lowest BCUT2D eigenvalue weighted by Crippen LogP contribution is -2.64. The number of benzene rings is 2. The van der Waals surface area contributed by atoms with Crippen LogP contribution in [0.15, 0.2) is 48.2 Å². The van der Waals surface area contributed by atoms with Gasteiger partial charge in [-0.1, -0.05) is 18.2 Å². The van der Waals surface area contributed by atoms with Gasteiger partial charge in [0.15, 0.2) is 0 Å². The molecule has 142 valence electrons. The summed E-state index contributed by atoms with van der Waals surface area (Å²) in [6.45, 7) is 1.58. The highest BCUT2D eigenvalue weighted by Gasteiger charge is 2.44. The van der Waals surface area contributed by atoms with Crippen molar-refractivity contribution in [1.29, 1.82) is 5.26 Å². The quantitative estimate of drug-likeness (QED) is 0.831. The van der Waals surface area contributed by atoms with Crippen molar-refractivity contribution in [2.75, 3.05) is 7.05 Å². The van der Waals surface area contributed by atoms with E-state index in [0.29, 0.717) is 5.56 Å². The van der Waals surface area contributed by atoms with E-state index in [1.165, 1.54) is 43.5 Å². The first-order valence-corrected chi connectivity index (χ1v) is 8.50. The molecule has 1 N–H and O–H groups in total. The summed E-state index contributed by atoms with van der Waals surface area (Å²) in [4.78, 5) is 26.8. The van der Waals surface area contributed by atoms with E-state index in [9.17, 15) is 18.4 Å². The minimum Gasteiger partial charge on any atom is -0.336 e. The molecule has 28 heavy (non-hydrogen) atoms. The molecule has 7 heteroatoms. The zero-order valence-corrected chi connectivity index (χ0v) is 15.3. The lowest BCUT2D eigenvalue weighted by atomic mass is 9.88. The van der Waals surface area contributed by atoms with Crippen LogP contribution in [0.4, 0.5) is 8.78 Å². The van der Waals surface area contributed by atoms with Crippen LogP contribution in [-0.2, 0) is 16.0 Å². The number of carbonyl (C=O) groups is 2. The first-order chi connectivity index (χ1) is 13.2. The molecule has 1 unspecified atom stereocenters. The Morgan fingerprint density at radius 3 is 2.50 bits per heavy atom. The van der Waals surface area contributed by atoms with Gasteiger partial charge in [0, 0.05) is 19.0 Å². The molecule has 5 nitrogen and oxygen atoms in total. The Kier molecular flexibility index (Phi) is 4.97. The largest absolute Gasteiger partial charge is 0.336 e.